The Morgan fingerprint density at radius 1 is 1.25 bits per heavy atom. The normalized spacial score (nSPS) is 12.3. The first-order chi connectivity index (χ1) is 11.6. The molecule has 1 amide bonds. The van der Waals surface area contributed by atoms with Crippen LogP contribution >= 0.6 is 0 Å². The van der Waals surface area contributed by atoms with Crippen LogP contribution in [0, 0.1) is 5.92 Å². The van der Waals surface area contributed by atoms with Gasteiger partial charge in [-0.25, -0.2) is 9.67 Å². The van der Waals surface area contributed by atoms with Crippen LogP contribution in [0.4, 0.5) is 0 Å². The van der Waals surface area contributed by atoms with Gasteiger partial charge in [0, 0.05) is 25.0 Å². The Morgan fingerprint density at radius 3 is 2.71 bits per heavy atom. The lowest BCUT2D eigenvalue weighted by Crippen LogP contribution is -2.42. The van der Waals surface area contributed by atoms with E-state index in [1.165, 1.54) is 6.20 Å². The minimum atomic E-state index is -0.192. The number of imidazole rings is 1. The van der Waals surface area contributed by atoms with E-state index in [0.717, 1.165) is 5.69 Å². The van der Waals surface area contributed by atoms with Crippen LogP contribution in [0.15, 0.2) is 55.2 Å². The van der Waals surface area contributed by atoms with Gasteiger partial charge >= 0.3 is 0 Å². The van der Waals surface area contributed by atoms with E-state index < -0.39 is 0 Å². The summed E-state index contributed by atoms with van der Waals surface area (Å²) >= 11 is 0. The maximum Gasteiger partial charge on any atom is 0.271 e. The van der Waals surface area contributed by atoms with Crippen molar-refractivity contribution in [2.24, 2.45) is 5.92 Å². The van der Waals surface area contributed by atoms with Crippen LogP contribution in [-0.4, -0.2) is 36.5 Å². The van der Waals surface area contributed by atoms with E-state index in [-0.39, 0.29) is 17.9 Å². The van der Waals surface area contributed by atoms with Crippen molar-refractivity contribution >= 4 is 5.91 Å². The van der Waals surface area contributed by atoms with Gasteiger partial charge in [-0.2, -0.15) is 0 Å². The summed E-state index contributed by atoms with van der Waals surface area (Å²) in [6, 6.07) is 9.46. The van der Waals surface area contributed by atoms with Gasteiger partial charge in [0.15, 0.2) is 5.69 Å². The molecule has 7 heteroatoms. The molecule has 3 aromatic rings. The molecule has 0 saturated carbocycles. The van der Waals surface area contributed by atoms with Crippen LogP contribution < -0.4 is 5.32 Å². The van der Waals surface area contributed by atoms with Crippen molar-refractivity contribution in [1.82, 2.24) is 29.9 Å². The highest BCUT2D eigenvalue weighted by atomic mass is 16.2. The van der Waals surface area contributed by atoms with Crippen molar-refractivity contribution in [3.8, 4) is 5.69 Å². The van der Waals surface area contributed by atoms with Crippen LogP contribution in [0.5, 0.6) is 0 Å². The minimum Gasteiger partial charge on any atom is -0.346 e. The molecule has 2 aromatic heterocycles. The summed E-state index contributed by atoms with van der Waals surface area (Å²) < 4.78 is 3.50. The number of nitrogens with one attached hydrogen (secondary N) is 1. The Kier molecular flexibility index (Phi) is 4.69. The van der Waals surface area contributed by atoms with Gasteiger partial charge < -0.3 is 9.88 Å². The van der Waals surface area contributed by atoms with Gasteiger partial charge in [-0.05, 0) is 18.1 Å². The Balaban J connectivity index is 1.78. The Hall–Kier alpha value is -2.96. The first-order valence-electron chi connectivity index (χ1n) is 7.88. The number of rotatable bonds is 6. The van der Waals surface area contributed by atoms with E-state index in [4.69, 9.17) is 0 Å². The SMILES string of the molecule is CC(C)C(Cn1ccnc1)NC(=O)c1cnnn1-c1ccccc1. The number of nitrogens with zero attached hydrogens (tertiary/aromatic N) is 5. The number of hydrogen-bond donors (Lipinski definition) is 1. The molecule has 1 aromatic carbocycles. The molecule has 0 spiro atoms. The summed E-state index contributed by atoms with van der Waals surface area (Å²) in [6.07, 6.45) is 6.85. The summed E-state index contributed by atoms with van der Waals surface area (Å²) in [5.41, 5.74) is 1.22. The summed E-state index contributed by atoms with van der Waals surface area (Å²) in [5, 5.41) is 11.0. The van der Waals surface area contributed by atoms with Crippen LogP contribution in [-0.2, 0) is 6.54 Å². The molecule has 1 N–H and O–H groups in total. The van der Waals surface area contributed by atoms with Crippen molar-refractivity contribution in [2.75, 3.05) is 0 Å². The third-order valence-electron chi connectivity index (χ3n) is 3.87. The first kappa shape index (κ1) is 15.9. The fourth-order valence-corrected chi connectivity index (χ4v) is 2.44. The zero-order valence-electron chi connectivity index (χ0n) is 13.7. The lowest BCUT2D eigenvalue weighted by atomic mass is 10.0. The molecule has 0 saturated heterocycles. The fraction of sp³-hybridized carbons (Fsp3) is 0.294. The molecular formula is C17H20N6O. The molecule has 0 aliphatic rings. The largest absolute Gasteiger partial charge is 0.346 e. The topological polar surface area (TPSA) is 77.6 Å². The number of aromatic nitrogens is 5. The quantitative estimate of drug-likeness (QED) is 0.751. The van der Waals surface area contributed by atoms with Crippen LogP contribution in [0.2, 0.25) is 0 Å². The lowest BCUT2D eigenvalue weighted by molar-refractivity contribution is 0.0912. The van der Waals surface area contributed by atoms with Gasteiger partial charge in [0.05, 0.1) is 18.2 Å². The summed E-state index contributed by atoms with van der Waals surface area (Å²) in [4.78, 5) is 16.7. The van der Waals surface area contributed by atoms with Crippen LogP contribution in [0.3, 0.4) is 0 Å². The maximum absolute atomic E-state index is 12.7. The third kappa shape index (κ3) is 3.51. The summed E-state index contributed by atoms with van der Waals surface area (Å²) in [7, 11) is 0. The second-order valence-corrected chi connectivity index (χ2v) is 5.95. The highest BCUT2D eigenvalue weighted by Gasteiger charge is 2.21. The Morgan fingerprint density at radius 2 is 2.04 bits per heavy atom. The average molecular weight is 324 g/mol. The summed E-state index contributed by atoms with van der Waals surface area (Å²) in [5.74, 6) is 0.0834. The average Bonchev–Trinajstić information content (AvgIpc) is 3.26. The van der Waals surface area contributed by atoms with Crippen molar-refractivity contribution in [2.45, 2.75) is 26.4 Å². The molecule has 2 heterocycles. The number of amides is 1. The second-order valence-electron chi connectivity index (χ2n) is 5.95. The van der Waals surface area contributed by atoms with Crippen molar-refractivity contribution in [3.05, 3.63) is 60.9 Å². The minimum absolute atomic E-state index is 0.0224. The van der Waals surface area contributed by atoms with E-state index in [2.05, 4.69) is 34.5 Å². The Labute approximate surface area is 140 Å². The fourth-order valence-electron chi connectivity index (χ4n) is 2.44. The Bertz CT molecular complexity index is 779. The summed E-state index contributed by atoms with van der Waals surface area (Å²) in [6.45, 7) is 4.82. The van der Waals surface area contributed by atoms with Crippen LogP contribution in [0.1, 0.15) is 24.3 Å². The molecule has 0 bridgehead atoms. The van der Waals surface area contributed by atoms with Gasteiger partial charge in [0.2, 0.25) is 0 Å². The number of para-hydroxylation sites is 1. The van der Waals surface area contributed by atoms with E-state index >= 15 is 0 Å². The molecule has 3 rings (SSSR count). The number of benzene rings is 1. The molecule has 0 fully saturated rings. The van der Waals surface area contributed by atoms with Gasteiger partial charge in [0.25, 0.3) is 5.91 Å². The highest BCUT2D eigenvalue weighted by Crippen LogP contribution is 2.11. The molecule has 124 valence electrons. The zero-order valence-corrected chi connectivity index (χ0v) is 13.7. The second kappa shape index (κ2) is 7.08. The van der Waals surface area contributed by atoms with Gasteiger partial charge in [-0.1, -0.05) is 37.3 Å². The molecule has 0 radical (unpaired) electrons. The third-order valence-corrected chi connectivity index (χ3v) is 3.87. The molecule has 0 aliphatic heterocycles. The predicted molar refractivity (Wildman–Crippen MR) is 89.7 cm³/mol. The zero-order chi connectivity index (χ0) is 16.9. The van der Waals surface area contributed by atoms with E-state index in [1.807, 2.05) is 41.1 Å². The monoisotopic (exact) mass is 324 g/mol. The molecule has 1 unspecified atom stereocenters. The molecule has 24 heavy (non-hydrogen) atoms. The molecular weight excluding hydrogens is 304 g/mol. The smallest absolute Gasteiger partial charge is 0.271 e. The van der Waals surface area contributed by atoms with E-state index in [1.54, 1.807) is 17.2 Å². The van der Waals surface area contributed by atoms with Crippen LogP contribution in [0.25, 0.3) is 5.69 Å². The van der Waals surface area contributed by atoms with Crippen molar-refractivity contribution in [3.63, 3.8) is 0 Å². The maximum atomic E-state index is 12.7. The highest BCUT2D eigenvalue weighted by molar-refractivity contribution is 5.93. The number of carbonyl (C=O) groups is 1. The van der Waals surface area contributed by atoms with Gasteiger partial charge in [-0.15, -0.1) is 5.10 Å². The standard InChI is InChI=1S/C17H20N6O/c1-13(2)15(11-22-9-8-18-12-22)20-17(24)16-10-19-21-23(16)14-6-4-3-5-7-14/h3-10,12-13,15H,11H2,1-2H3,(H,20,24). The number of carbonyl (C=O) groups excluding carboxylic acids is 1. The first-order valence-corrected chi connectivity index (χ1v) is 7.88. The molecule has 1 atom stereocenters. The molecule has 0 aliphatic carbocycles. The van der Waals surface area contributed by atoms with Crippen molar-refractivity contribution < 1.29 is 4.79 Å². The van der Waals surface area contributed by atoms with E-state index in [0.29, 0.717) is 12.2 Å². The lowest BCUT2D eigenvalue weighted by Gasteiger charge is -2.22. The van der Waals surface area contributed by atoms with Gasteiger partial charge in [0.1, 0.15) is 0 Å². The predicted octanol–water partition coefficient (Wildman–Crippen LogP) is 1.92. The van der Waals surface area contributed by atoms with E-state index in [9.17, 15) is 4.79 Å². The van der Waals surface area contributed by atoms with Gasteiger partial charge in [-0.3, -0.25) is 4.79 Å². The van der Waals surface area contributed by atoms with Crippen molar-refractivity contribution in [1.29, 1.82) is 0 Å². The molecule has 7 nitrogen and oxygen atoms in total. The number of hydrogen-bond acceptors (Lipinski definition) is 4.